The SMILES string of the molecule is Cc1cccnc1CS(=O)c1nc2ccc(N)cc2o1. The highest BCUT2D eigenvalue weighted by molar-refractivity contribution is 7.84. The van der Waals surface area contributed by atoms with E-state index < -0.39 is 10.8 Å². The van der Waals surface area contributed by atoms with Gasteiger partial charge >= 0.3 is 0 Å². The number of aromatic nitrogens is 2. The maximum Gasteiger partial charge on any atom is 0.288 e. The van der Waals surface area contributed by atoms with Crippen LogP contribution < -0.4 is 5.73 Å². The highest BCUT2D eigenvalue weighted by Gasteiger charge is 2.15. The molecule has 0 saturated carbocycles. The van der Waals surface area contributed by atoms with Crippen molar-refractivity contribution in [1.29, 1.82) is 0 Å². The first kappa shape index (κ1) is 12.8. The van der Waals surface area contributed by atoms with Gasteiger partial charge in [-0.2, -0.15) is 0 Å². The van der Waals surface area contributed by atoms with Crippen LogP contribution in [0, 0.1) is 6.92 Å². The fraction of sp³-hybridized carbons (Fsp3) is 0.143. The van der Waals surface area contributed by atoms with Crippen molar-refractivity contribution in [3.05, 3.63) is 47.8 Å². The molecule has 2 N–H and O–H groups in total. The van der Waals surface area contributed by atoms with Crippen molar-refractivity contribution < 1.29 is 8.63 Å². The number of nitrogens with two attached hydrogens (primary N) is 1. The van der Waals surface area contributed by atoms with E-state index in [4.69, 9.17) is 10.2 Å². The zero-order chi connectivity index (χ0) is 14.1. The van der Waals surface area contributed by atoms with Gasteiger partial charge in [0.2, 0.25) is 0 Å². The average molecular weight is 287 g/mol. The van der Waals surface area contributed by atoms with Crippen molar-refractivity contribution in [2.75, 3.05) is 5.73 Å². The minimum absolute atomic E-state index is 0.204. The van der Waals surface area contributed by atoms with E-state index in [9.17, 15) is 4.21 Å². The molecule has 0 spiro atoms. The van der Waals surface area contributed by atoms with Crippen LogP contribution in [0.25, 0.3) is 11.1 Å². The van der Waals surface area contributed by atoms with Crippen LogP contribution in [0.2, 0.25) is 0 Å². The summed E-state index contributed by atoms with van der Waals surface area (Å²) in [7, 11) is -1.37. The Labute approximate surface area is 118 Å². The molecule has 20 heavy (non-hydrogen) atoms. The van der Waals surface area contributed by atoms with Gasteiger partial charge in [0, 0.05) is 18.0 Å². The number of benzene rings is 1. The minimum Gasteiger partial charge on any atom is -0.430 e. The lowest BCUT2D eigenvalue weighted by Gasteiger charge is -2.01. The first-order chi connectivity index (χ1) is 9.63. The predicted molar refractivity (Wildman–Crippen MR) is 77.5 cm³/mol. The molecule has 0 aliphatic rings. The van der Waals surface area contributed by atoms with E-state index in [1.54, 1.807) is 24.4 Å². The Morgan fingerprint density at radius 2 is 2.20 bits per heavy atom. The third-order valence-electron chi connectivity index (χ3n) is 2.97. The summed E-state index contributed by atoms with van der Waals surface area (Å²) in [4.78, 5) is 8.46. The molecule has 0 radical (unpaired) electrons. The second-order valence-corrected chi connectivity index (χ2v) is 5.79. The number of anilines is 1. The molecular formula is C14H13N3O2S. The Hall–Kier alpha value is -2.21. The quantitative estimate of drug-likeness (QED) is 0.748. The second-order valence-electron chi connectivity index (χ2n) is 4.46. The first-order valence-electron chi connectivity index (χ1n) is 6.08. The fourth-order valence-electron chi connectivity index (χ4n) is 1.87. The molecule has 0 aliphatic carbocycles. The summed E-state index contributed by atoms with van der Waals surface area (Å²) >= 11 is 0. The molecule has 1 aromatic carbocycles. The average Bonchev–Trinajstić information content (AvgIpc) is 2.84. The van der Waals surface area contributed by atoms with Crippen LogP contribution >= 0.6 is 0 Å². The zero-order valence-electron chi connectivity index (χ0n) is 10.9. The van der Waals surface area contributed by atoms with Gasteiger partial charge < -0.3 is 10.2 Å². The van der Waals surface area contributed by atoms with Gasteiger partial charge in [0.05, 0.1) is 11.4 Å². The molecule has 2 heterocycles. The summed E-state index contributed by atoms with van der Waals surface area (Å²) in [6.45, 7) is 1.94. The van der Waals surface area contributed by atoms with Crippen LogP contribution in [0.4, 0.5) is 5.69 Å². The van der Waals surface area contributed by atoms with Gasteiger partial charge in [-0.05, 0) is 30.7 Å². The van der Waals surface area contributed by atoms with Gasteiger partial charge in [-0.3, -0.25) is 4.98 Å². The molecular weight excluding hydrogens is 274 g/mol. The number of nitrogen functional groups attached to an aromatic ring is 1. The maximum atomic E-state index is 12.3. The maximum absolute atomic E-state index is 12.3. The molecule has 3 rings (SSSR count). The van der Waals surface area contributed by atoms with Crippen molar-refractivity contribution in [1.82, 2.24) is 9.97 Å². The Morgan fingerprint density at radius 1 is 1.35 bits per heavy atom. The Morgan fingerprint density at radius 3 is 3.00 bits per heavy atom. The number of hydrogen-bond acceptors (Lipinski definition) is 5. The van der Waals surface area contributed by atoms with Crippen molar-refractivity contribution in [3.8, 4) is 0 Å². The Bertz CT molecular complexity index is 798. The number of oxazole rings is 1. The molecule has 5 nitrogen and oxygen atoms in total. The molecule has 0 amide bonds. The number of rotatable bonds is 3. The van der Waals surface area contributed by atoms with E-state index in [0.29, 0.717) is 16.8 Å². The topological polar surface area (TPSA) is 82.0 Å². The molecule has 2 aromatic heterocycles. The lowest BCUT2D eigenvalue weighted by atomic mass is 10.2. The van der Waals surface area contributed by atoms with Crippen molar-refractivity contribution in [3.63, 3.8) is 0 Å². The first-order valence-corrected chi connectivity index (χ1v) is 7.40. The minimum atomic E-state index is -1.37. The number of pyridine rings is 1. The predicted octanol–water partition coefficient (Wildman–Crippen LogP) is 2.42. The molecule has 1 unspecified atom stereocenters. The number of fused-ring (bicyclic) bond motifs is 1. The van der Waals surface area contributed by atoms with Gasteiger partial charge in [0.15, 0.2) is 5.58 Å². The van der Waals surface area contributed by atoms with Crippen LogP contribution in [-0.2, 0) is 16.6 Å². The molecule has 0 fully saturated rings. The summed E-state index contributed by atoms with van der Waals surface area (Å²) in [6, 6.07) is 8.95. The van der Waals surface area contributed by atoms with E-state index in [2.05, 4.69) is 9.97 Å². The highest BCUT2D eigenvalue weighted by atomic mass is 32.2. The van der Waals surface area contributed by atoms with Crippen molar-refractivity contribution in [2.45, 2.75) is 17.9 Å². The van der Waals surface area contributed by atoms with Gasteiger partial charge in [-0.1, -0.05) is 6.07 Å². The number of nitrogens with zero attached hydrogens (tertiary/aromatic N) is 2. The molecule has 102 valence electrons. The van der Waals surface area contributed by atoms with E-state index >= 15 is 0 Å². The Kier molecular flexibility index (Phi) is 3.23. The molecule has 6 heteroatoms. The van der Waals surface area contributed by atoms with Crippen LogP contribution in [0.1, 0.15) is 11.3 Å². The highest BCUT2D eigenvalue weighted by Crippen LogP contribution is 2.21. The van der Waals surface area contributed by atoms with E-state index in [0.717, 1.165) is 11.3 Å². The Balaban J connectivity index is 1.91. The largest absolute Gasteiger partial charge is 0.430 e. The van der Waals surface area contributed by atoms with Gasteiger partial charge in [-0.25, -0.2) is 9.19 Å². The lowest BCUT2D eigenvalue weighted by Crippen LogP contribution is -2.01. The molecule has 0 saturated heterocycles. The normalized spacial score (nSPS) is 12.7. The summed E-state index contributed by atoms with van der Waals surface area (Å²) in [6.07, 6.45) is 1.69. The summed E-state index contributed by atoms with van der Waals surface area (Å²) in [5.74, 6) is 0.287. The standard InChI is InChI=1S/C14H13N3O2S/c1-9-3-2-6-16-12(9)8-20(18)14-17-11-5-4-10(15)7-13(11)19-14/h2-7H,8,15H2,1H3. The molecule has 3 aromatic rings. The lowest BCUT2D eigenvalue weighted by molar-refractivity contribution is 0.477. The van der Waals surface area contributed by atoms with Crippen LogP contribution in [0.5, 0.6) is 0 Å². The third kappa shape index (κ3) is 2.42. The van der Waals surface area contributed by atoms with Gasteiger partial charge in [0.1, 0.15) is 16.3 Å². The number of hydrogen-bond donors (Lipinski definition) is 1. The van der Waals surface area contributed by atoms with Crippen LogP contribution in [-0.4, -0.2) is 14.2 Å². The smallest absolute Gasteiger partial charge is 0.288 e. The zero-order valence-corrected chi connectivity index (χ0v) is 11.7. The van der Waals surface area contributed by atoms with Crippen molar-refractivity contribution in [2.24, 2.45) is 0 Å². The molecule has 1 atom stereocenters. The van der Waals surface area contributed by atoms with Gasteiger partial charge in [0.25, 0.3) is 5.22 Å². The summed E-state index contributed by atoms with van der Waals surface area (Å²) < 4.78 is 17.8. The van der Waals surface area contributed by atoms with E-state index in [-0.39, 0.29) is 11.0 Å². The monoisotopic (exact) mass is 287 g/mol. The molecule has 0 bridgehead atoms. The molecule has 0 aliphatic heterocycles. The number of aryl methyl sites for hydroxylation is 1. The summed E-state index contributed by atoms with van der Waals surface area (Å²) in [5, 5.41) is 0.204. The van der Waals surface area contributed by atoms with Crippen molar-refractivity contribution >= 4 is 27.6 Å². The van der Waals surface area contributed by atoms with E-state index in [1.807, 2.05) is 19.1 Å². The second kappa shape index (κ2) is 5.05. The van der Waals surface area contributed by atoms with Crippen LogP contribution in [0.15, 0.2) is 46.2 Å². The third-order valence-corrected chi connectivity index (χ3v) is 4.07. The van der Waals surface area contributed by atoms with Gasteiger partial charge in [-0.15, -0.1) is 0 Å². The van der Waals surface area contributed by atoms with E-state index in [1.165, 1.54) is 0 Å². The summed E-state index contributed by atoms with van der Waals surface area (Å²) in [5.41, 5.74) is 9.25. The van der Waals surface area contributed by atoms with Crippen LogP contribution in [0.3, 0.4) is 0 Å². The fourth-order valence-corrected chi connectivity index (χ4v) is 2.93.